The second-order valence-electron chi connectivity index (χ2n) is 8.39. The smallest absolute Gasteiger partial charge is 0.272 e. The molecule has 2 N–H and O–H groups in total. The van der Waals surface area contributed by atoms with E-state index in [2.05, 4.69) is 20.0 Å². The van der Waals surface area contributed by atoms with E-state index in [0.29, 0.717) is 35.9 Å². The number of hydrogen-bond donors (Lipinski definition) is 2. The van der Waals surface area contributed by atoms with Gasteiger partial charge in [-0.15, -0.1) is 0 Å². The second-order valence-corrected chi connectivity index (χ2v) is 10.1. The van der Waals surface area contributed by atoms with Crippen LogP contribution in [0.15, 0.2) is 53.4 Å². The summed E-state index contributed by atoms with van der Waals surface area (Å²) in [6, 6.07) is 13.5. The molecule has 0 atom stereocenters. The topological polar surface area (TPSA) is 115 Å². The molecule has 0 aliphatic rings. The number of ether oxygens (including phenoxy) is 1. The van der Waals surface area contributed by atoms with Crippen LogP contribution in [0.5, 0.6) is 5.75 Å². The van der Waals surface area contributed by atoms with Crippen LogP contribution in [0, 0.1) is 20.8 Å². The third-order valence-corrected chi connectivity index (χ3v) is 7.10. The Kier molecular flexibility index (Phi) is 6.98. The number of amides is 1. The molecule has 0 fully saturated rings. The summed E-state index contributed by atoms with van der Waals surface area (Å²) in [5.41, 5.74) is 4.14. The first-order valence-electron chi connectivity index (χ1n) is 11.6. The Hall–Kier alpha value is -3.92. The van der Waals surface area contributed by atoms with Gasteiger partial charge in [0.05, 0.1) is 11.5 Å². The number of sulfonamides is 1. The highest BCUT2D eigenvalue weighted by Gasteiger charge is 2.21. The van der Waals surface area contributed by atoms with Gasteiger partial charge in [-0.3, -0.25) is 4.79 Å². The van der Waals surface area contributed by atoms with Gasteiger partial charge in [0.2, 0.25) is 5.95 Å². The van der Waals surface area contributed by atoms with Crippen LogP contribution in [-0.2, 0) is 16.6 Å². The molecule has 0 bridgehead atoms. The van der Waals surface area contributed by atoms with E-state index in [4.69, 9.17) is 4.74 Å². The minimum Gasteiger partial charge on any atom is -0.494 e. The van der Waals surface area contributed by atoms with E-state index in [0.717, 1.165) is 22.2 Å². The SMILES string of the molecule is CCOc1ccc2c(c1)c(C)c(C(=O)Nc1ccc(S(=O)(=O)Nc3nc(C)cc(C)n3)cc1)n2CC. The lowest BCUT2D eigenvalue weighted by molar-refractivity contribution is 0.101. The number of nitrogens with zero attached hydrogens (tertiary/aromatic N) is 3. The van der Waals surface area contributed by atoms with Crippen LogP contribution in [0.3, 0.4) is 0 Å². The summed E-state index contributed by atoms with van der Waals surface area (Å²) in [6.45, 7) is 10.5. The van der Waals surface area contributed by atoms with E-state index in [9.17, 15) is 13.2 Å². The van der Waals surface area contributed by atoms with Crippen LogP contribution in [0.4, 0.5) is 11.6 Å². The standard InChI is InChI=1S/C26H29N5O4S/c1-6-31-23-13-10-20(35-7-2)15-22(23)18(5)24(31)25(32)29-19-8-11-21(12-9-19)36(33,34)30-26-27-16(3)14-17(4)28-26/h8-15H,6-7H2,1-5H3,(H,29,32)(H,27,28,30). The van der Waals surface area contributed by atoms with Gasteiger partial charge in [0.15, 0.2) is 0 Å². The first-order valence-corrected chi connectivity index (χ1v) is 13.1. The maximum Gasteiger partial charge on any atom is 0.272 e. The molecule has 36 heavy (non-hydrogen) atoms. The molecule has 4 aromatic rings. The first-order chi connectivity index (χ1) is 17.1. The summed E-state index contributed by atoms with van der Waals surface area (Å²) in [7, 11) is -3.89. The Morgan fingerprint density at radius 2 is 1.64 bits per heavy atom. The molecule has 0 aliphatic heterocycles. The third kappa shape index (κ3) is 5.03. The van der Waals surface area contributed by atoms with Crippen molar-refractivity contribution in [2.45, 2.75) is 46.1 Å². The van der Waals surface area contributed by atoms with Crippen molar-refractivity contribution in [2.75, 3.05) is 16.6 Å². The van der Waals surface area contributed by atoms with Gasteiger partial charge in [-0.05, 0) is 88.7 Å². The molecule has 2 heterocycles. The molecule has 10 heteroatoms. The zero-order valence-corrected chi connectivity index (χ0v) is 21.7. The second kappa shape index (κ2) is 9.98. The maximum absolute atomic E-state index is 13.3. The lowest BCUT2D eigenvalue weighted by Gasteiger charge is -2.11. The fraction of sp³-hybridized carbons (Fsp3) is 0.269. The van der Waals surface area contributed by atoms with E-state index in [1.54, 1.807) is 32.0 Å². The van der Waals surface area contributed by atoms with Crippen molar-refractivity contribution < 1.29 is 17.9 Å². The molecule has 2 aromatic heterocycles. The average Bonchev–Trinajstić information content (AvgIpc) is 3.10. The van der Waals surface area contributed by atoms with Gasteiger partial charge in [-0.25, -0.2) is 23.1 Å². The van der Waals surface area contributed by atoms with Gasteiger partial charge in [0.1, 0.15) is 11.4 Å². The highest BCUT2D eigenvalue weighted by atomic mass is 32.2. The molecule has 0 radical (unpaired) electrons. The molecule has 9 nitrogen and oxygen atoms in total. The maximum atomic E-state index is 13.3. The van der Waals surface area contributed by atoms with Crippen LogP contribution < -0.4 is 14.8 Å². The molecule has 0 aliphatic carbocycles. The number of aromatic nitrogens is 3. The van der Waals surface area contributed by atoms with E-state index < -0.39 is 10.0 Å². The Labute approximate surface area is 210 Å². The lowest BCUT2D eigenvalue weighted by Crippen LogP contribution is -2.18. The number of anilines is 2. The summed E-state index contributed by atoms with van der Waals surface area (Å²) in [4.78, 5) is 21.6. The Bertz CT molecular complexity index is 1520. The van der Waals surface area contributed by atoms with Gasteiger partial charge in [0.25, 0.3) is 15.9 Å². The van der Waals surface area contributed by atoms with Gasteiger partial charge >= 0.3 is 0 Å². The minimum absolute atomic E-state index is 0.0141. The Morgan fingerprint density at radius 3 is 2.25 bits per heavy atom. The van der Waals surface area contributed by atoms with E-state index in [1.807, 2.05) is 43.5 Å². The molecule has 188 valence electrons. The minimum atomic E-state index is -3.89. The molecule has 0 spiro atoms. The highest BCUT2D eigenvalue weighted by molar-refractivity contribution is 7.92. The van der Waals surface area contributed by atoms with Crippen molar-refractivity contribution in [3.63, 3.8) is 0 Å². The Morgan fingerprint density at radius 1 is 0.972 bits per heavy atom. The van der Waals surface area contributed by atoms with Crippen molar-refractivity contribution >= 4 is 38.5 Å². The van der Waals surface area contributed by atoms with Crippen LogP contribution in [0.25, 0.3) is 10.9 Å². The number of aryl methyl sites for hydroxylation is 4. The third-order valence-electron chi connectivity index (χ3n) is 5.76. The van der Waals surface area contributed by atoms with Crippen molar-refractivity contribution in [3.05, 3.63) is 71.2 Å². The average molecular weight is 508 g/mol. The molecular formula is C26H29N5O4S. The first kappa shape index (κ1) is 25.2. The van der Waals surface area contributed by atoms with E-state index in [-0.39, 0.29) is 16.8 Å². The predicted molar refractivity (Wildman–Crippen MR) is 140 cm³/mol. The van der Waals surface area contributed by atoms with Crippen LogP contribution in [0.2, 0.25) is 0 Å². The van der Waals surface area contributed by atoms with Crippen molar-refractivity contribution in [1.29, 1.82) is 0 Å². The summed E-state index contributed by atoms with van der Waals surface area (Å²) >= 11 is 0. The number of carbonyl (C=O) groups excluding carboxylic acids is 1. The van der Waals surface area contributed by atoms with Crippen LogP contribution in [-0.4, -0.2) is 35.5 Å². The number of rotatable bonds is 8. The number of benzene rings is 2. The number of fused-ring (bicyclic) bond motifs is 1. The van der Waals surface area contributed by atoms with Gasteiger partial charge in [-0.2, -0.15) is 0 Å². The fourth-order valence-corrected chi connectivity index (χ4v) is 5.18. The molecule has 0 saturated heterocycles. The molecule has 0 unspecified atom stereocenters. The number of carbonyl (C=O) groups is 1. The molecule has 2 aromatic carbocycles. The molecular weight excluding hydrogens is 478 g/mol. The van der Waals surface area contributed by atoms with Gasteiger partial charge in [-0.1, -0.05) is 0 Å². The number of hydrogen-bond acceptors (Lipinski definition) is 6. The van der Waals surface area contributed by atoms with Crippen molar-refractivity contribution in [2.24, 2.45) is 0 Å². The van der Waals surface area contributed by atoms with Crippen LogP contribution in [0.1, 0.15) is 41.3 Å². The highest BCUT2D eigenvalue weighted by Crippen LogP contribution is 2.30. The van der Waals surface area contributed by atoms with E-state index >= 15 is 0 Å². The number of nitrogens with one attached hydrogen (secondary N) is 2. The van der Waals surface area contributed by atoms with Gasteiger partial charge in [0, 0.05) is 34.5 Å². The predicted octanol–water partition coefficient (Wildman–Crippen LogP) is 4.83. The quantitative estimate of drug-likeness (QED) is 0.353. The summed E-state index contributed by atoms with van der Waals surface area (Å²) in [6.07, 6.45) is 0. The fourth-order valence-electron chi connectivity index (χ4n) is 4.24. The molecule has 4 rings (SSSR count). The zero-order valence-electron chi connectivity index (χ0n) is 20.9. The Balaban J connectivity index is 1.57. The lowest BCUT2D eigenvalue weighted by atomic mass is 10.1. The van der Waals surface area contributed by atoms with E-state index in [1.165, 1.54) is 12.1 Å². The molecule has 0 saturated carbocycles. The van der Waals surface area contributed by atoms with Crippen LogP contribution >= 0.6 is 0 Å². The largest absolute Gasteiger partial charge is 0.494 e. The van der Waals surface area contributed by atoms with Crippen molar-refractivity contribution in [1.82, 2.24) is 14.5 Å². The summed E-state index contributed by atoms with van der Waals surface area (Å²) in [5, 5.41) is 3.84. The zero-order chi connectivity index (χ0) is 26.0. The normalized spacial score (nSPS) is 11.5. The molecule has 1 amide bonds. The van der Waals surface area contributed by atoms with Gasteiger partial charge < -0.3 is 14.6 Å². The van der Waals surface area contributed by atoms with Crippen molar-refractivity contribution in [3.8, 4) is 5.75 Å². The summed E-state index contributed by atoms with van der Waals surface area (Å²) in [5.74, 6) is 0.492. The summed E-state index contributed by atoms with van der Waals surface area (Å²) < 4.78 is 35.6. The monoisotopic (exact) mass is 507 g/mol.